The van der Waals surface area contributed by atoms with E-state index in [0.717, 1.165) is 25.7 Å². The third kappa shape index (κ3) is 5.91. The molecule has 7 heteroatoms. The van der Waals surface area contributed by atoms with E-state index in [2.05, 4.69) is 10.2 Å². The summed E-state index contributed by atoms with van der Waals surface area (Å²) < 4.78 is 26.4. The quantitative estimate of drug-likeness (QED) is 0.680. The molecule has 1 heterocycles. The standard InChI is InChI=1S/C22H32ClFN2O3/c1-3-20(29-16-7-4-5-8-16)22(27)25-13-19(26-11-12-28-15(2)14-26)21-17(23)9-6-10-18(21)24/h6,9-10,15-16,19-20H,3-5,7-8,11-14H2,1-2H3,(H,25,27). The van der Waals surface area contributed by atoms with Gasteiger partial charge in [0, 0.05) is 30.2 Å². The first kappa shape index (κ1) is 22.5. The summed E-state index contributed by atoms with van der Waals surface area (Å²) in [5.74, 6) is -0.497. The largest absolute Gasteiger partial charge is 0.376 e. The molecular weight excluding hydrogens is 395 g/mol. The second-order valence-corrected chi connectivity index (χ2v) is 8.42. The first-order valence-electron chi connectivity index (χ1n) is 10.7. The van der Waals surface area contributed by atoms with Crippen LogP contribution in [0.4, 0.5) is 4.39 Å². The van der Waals surface area contributed by atoms with Gasteiger partial charge in [0.25, 0.3) is 0 Å². The van der Waals surface area contributed by atoms with Gasteiger partial charge < -0.3 is 14.8 Å². The molecule has 1 aromatic rings. The molecule has 1 saturated carbocycles. The lowest BCUT2D eigenvalue weighted by Gasteiger charge is -2.38. The van der Waals surface area contributed by atoms with Crippen molar-refractivity contribution in [3.8, 4) is 0 Å². The van der Waals surface area contributed by atoms with Gasteiger partial charge in [0.15, 0.2) is 0 Å². The van der Waals surface area contributed by atoms with E-state index < -0.39 is 6.10 Å². The van der Waals surface area contributed by atoms with Gasteiger partial charge in [-0.1, -0.05) is 37.4 Å². The van der Waals surface area contributed by atoms with E-state index in [1.165, 1.54) is 6.07 Å². The maximum Gasteiger partial charge on any atom is 0.249 e. The van der Waals surface area contributed by atoms with Gasteiger partial charge in [-0.25, -0.2) is 4.39 Å². The van der Waals surface area contributed by atoms with Crippen LogP contribution >= 0.6 is 11.6 Å². The van der Waals surface area contributed by atoms with Crippen molar-refractivity contribution in [1.29, 1.82) is 0 Å². The molecule has 0 bridgehead atoms. The SMILES string of the molecule is CCC(OC1CCCC1)C(=O)NCC(c1c(F)cccc1Cl)N1CCOC(C)C1. The zero-order valence-electron chi connectivity index (χ0n) is 17.3. The number of morpholine rings is 1. The van der Waals surface area contributed by atoms with E-state index in [0.29, 0.717) is 36.7 Å². The van der Waals surface area contributed by atoms with E-state index in [9.17, 15) is 9.18 Å². The molecule has 5 nitrogen and oxygen atoms in total. The number of hydrogen-bond donors (Lipinski definition) is 1. The number of carbonyl (C=O) groups excluding carboxylic acids is 1. The molecule has 1 amide bonds. The van der Waals surface area contributed by atoms with Crippen LogP contribution in [0.15, 0.2) is 18.2 Å². The summed E-state index contributed by atoms with van der Waals surface area (Å²) in [6.07, 6.45) is 4.70. The zero-order chi connectivity index (χ0) is 20.8. The van der Waals surface area contributed by atoms with E-state index in [-0.39, 0.29) is 36.5 Å². The molecule has 1 aromatic carbocycles. The third-order valence-electron chi connectivity index (χ3n) is 5.84. The topological polar surface area (TPSA) is 50.8 Å². The Kier molecular flexibility index (Phi) is 8.30. The first-order valence-corrected chi connectivity index (χ1v) is 11.1. The minimum atomic E-state index is -0.474. The number of ether oxygens (including phenoxy) is 2. The van der Waals surface area contributed by atoms with Gasteiger partial charge in [0.1, 0.15) is 11.9 Å². The predicted molar refractivity (Wildman–Crippen MR) is 112 cm³/mol. The van der Waals surface area contributed by atoms with Crippen LogP contribution in [0.5, 0.6) is 0 Å². The van der Waals surface area contributed by atoms with Gasteiger partial charge in [-0.05, 0) is 38.3 Å². The molecule has 3 rings (SSSR count). The summed E-state index contributed by atoms with van der Waals surface area (Å²) in [5, 5.41) is 3.37. The van der Waals surface area contributed by atoms with Crippen molar-refractivity contribution in [2.45, 2.75) is 70.3 Å². The average Bonchev–Trinajstić information content (AvgIpc) is 3.21. The smallest absolute Gasteiger partial charge is 0.249 e. The van der Waals surface area contributed by atoms with Crippen LogP contribution in [-0.4, -0.2) is 55.4 Å². The molecular formula is C22H32ClFN2O3. The Hall–Kier alpha value is -1.21. The molecule has 2 aliphatic rings. The Morgan fingerprint density at radius 3 is 2.83 bits per heavy atom. The minimum absolute atomic E-state index is 0.0431. The lowest BCUT2D eigenvalue weighted by molar-refractivity contribution is -0.137. The van der Waals surface area contributed by atoms with Gasteiger partial charge in [-0.15, -0.1) is 0 Å². The molecule has 0 aromatic heterocycles. The second kappa shape index (κ2) is 10.7. The van der Waals surface area contributed by atoms with E-state index in [4.69, 9.17) is 21.1 Å². The van der Waals surface area contributed by atoms with Crippen LogP contribution in [-0.2, 0) is 14.3 Å². The van der Waals surface area contributed by atoms with Crippen LogP contribution in [0, 0.1) is 5.82 Å². The summed E-state index contributed by atoms with van der Waals surface area (Å²) in [6, 6.07) is 4.35. The molecule has 3 unspecified atom stereocenters. The van der Waals surface area contributed by atoms with Gasteiger partial charge in [-0.2, -0.15) is 0 Å². The fourth-order valence-electron chi connectivity index (χ4n) is 4.28. The second-order valence-electron chi connectivity index (χ2n) is 8.01. The average molecular weight is 427 g/mol. The third-order valence-corrected chi connectivity index (χ3v) is 6.17. The molecule has 1 aliphatic heterocycles. The fourth-order valence-corrected chi connectivity index (χ4v) is 4.57. The Bertz CT molecular complexity index is 664. The Morgan fingerprint density at radius 1 is 1.41 bits per heavy atom. The number of hydrogen-bond acceptors (Lipinski definition) is 4. The molecule has 2 fully saturated rings. The van der Waals surface area contributed by atoms with Crippen molar-refractivity contribution < 1.29 is 18.7 Å². The maximum atomic E-state index is 14.7. The van der Waals surface area contributed by atoms with Crippen LogP contribution in [0.3, 0.4) is 0 Å². The van der Waals surface area contributed by atoms with E-state index in [1.807, 2.05) is 13.8 Å². The van der Waals surface area contributed by atoms with Crippen LogP contribution < -0.4 is 5.32 Å². The molecule has 0 spiro atoms. The number of carbonyl (C=O) groups is 1. The van der Waals surface area contributed by atoms with Crippen molar-refractivity contribution in [2.75, 3.05) is 26.2 Å². The summed E-state index contributed by atoms with van der Waals surface area (Å²) in [7, 11) is 0. The lowest BCUT2D eigenvalue weighted by Crippen LogP contribution is -2.48. The fraction of sp³-hybridized carbons (Fsp3) is 0.682. The normalized spacial score (nSPS) is 23.1. The number of halogens is 2. The molecule has 1 aliphatic carbocycles. The Labute approximate surface area is 177 Å². The summed E-state index contributed by atoms with van der Waals surface area (Å²) in [6.45, 7) is 6.10. The Morgan fingerprint density at radius 2 is 2.17 bits per heavy atom. The number of nitrogens with zero attached hydrogens (tertiary/aromatic N) is 1. The minimum Gasteiger partial charge on any atom is -0.376 e. The molecule has 29 heavy (non-hydrogen) atoms. The number of benzene rings is 1. The maximum absolute atomic E-state index is 14.7. The highest BCUT2D eigenvalue weighted by atomic mass is 35.5. The molecule has 1 saturated heterocycles. The highest BCUT2D eigenvalue weighted by Crippen LogP contribution is 2.31. The highest BCUT2D eigenvalue weighted by molar-refractivity contribution is 6.31. The number of nitrogens with one attached hydrogen (secondary N) is 1. The molecule has 162 valence electrons. The van der Waals surface area contributed by atoms with Crippen LogP contribution in [0.2, 0.25) is 5.02 Å². The van der Waals surface area contributed by atoms with Crippen LogP contribution in [0.1, 0.15) is 57.6 Å². The molecule has 1 N–H and O–H groups in total. The molecule has 0 radical (unpaired) electrons. The van der Waals surface area contributed by atoms with Gasteiger partial charge >= 0.3 is 0 Å². The number of rotatable bonds is 8. The van der Waals surface area contributed by atoms with E-state index >= 15 is 0 Å². The van der Waals surface area contributed by atoms with Crippen molar-refractivity contribution in [3.63, 3.8) is 0 Å². The summed E-state index contributed by atoms with van der Waals surface area (Å²) >= 11 is 6.36. The van der Waals surface area contributed by atoms with Gasteiger partial charge in [-0.3, -0.25) is 9.69 Å². The van der Waals surface area contributed by atoms with Crippen LogP contribution in [0.25, 0.3) is 0 Å². The summed E-state index contributed by atoms with van der Waals surface area (Å²) in [4.78, 5) is 14.9. The predicted octanol–water partition coefficient (Wildman–Crippen LogP) is 4.09. The monoisotopic (exact) mass is 426 g/mol. The lowest BCUT2D eigenvalue weighted by atomic mass is 10.0. The van der Waals surface area contributed by atoms with Crippen molar-refractivity contribution >= 4 is 17.5 Å². The molecule has 3 atom stereocenters. The highest BCUT2D eigenvalue weighted by Gasteiger charge is 2.31. The first-order chi connectivity index (χ1) is 14.0. The zero-order valence-corrected chi connectivity index (χ0v) is 18.1. The van der Waals surface area contributed by atoms with Crippen molar-refractivity contribution in [2.24, 2.45) is 0 Å². The van der Waals surface area contributed by atoms with Gasteiger partial charge in [0.05, 0.1) is 24.9 Å². The Balaban J connectivity index is 1.71. The number of amides is 1. The van der Waals surface area contributed by atoms with Crippen molar-refractivity contribution in [3.05, 3.63) is 34.6 Å². The summed E-state index contributed by atoms with van der Waals surface area (Å²) in [5.41, 5.74) is 0.424. The van der Waals surface area contributed by atoms with Crippen molar-refractivity contribution in [1.82, 2.24) is 10.2 Å². The van der Waals surface area contributed by atoms with Gasteiger partial charge in [0.2, 0.25) is 5.91 Å². The van der Waals surface area contributed by atoms with E-state index in [1.54, 1.807) is 12.1 Å².